The highest BCUT2D eigenvalue weighted by molar-refractivity contribution is 6.71. The molecule has 78 valence electrons. The standard InChI is InChI=1S/C11H17ClOSi/c1-3-14(13,4-2)9-10-5-7-11(12)8-6-10/h5-8,13H,3-4,9H2,1-2H3. The first kappa shape index (κ1) is 11.8. The third kappa shape index (κ3) is 3.12. The lowest BCUT2D eigenvalue weighted by Crippen LogP contribution is -2.35. The molecule has 0 spiro atoms. The summed E-state index contributed by atoms with van der Waals surface area (Å²) in [5, 5.41) is 0.756. The molecule has 0 unspecified atom stereocenters. The zero-order valence-electron chi connectivity index (χ0n) is 8.76. The second-order valence-corrected chi connectivity index (χ2v) is 8.39. The van der Waals surface area contributed by atoms with Crippen molar-refractivity contribution in [2.75, 3.05) is 0 Å². The first-order valence-electron chi connectivity index (χ1n) is 5.06. The summed E-state index contributed by atoms with van der Waals surface area (Å²) in [6, 6.07) is 10.5. The van der Waals surface area contributed by atoms with E-state index in [-0.39, 0.29) is 0 Å². The first-order chi connectivity index (χ1) is 6.59. The van der Waals surface area contributed by atoms with E-state index in [0.717, 1.165) is 23.2 Å². The highest BCUT2D eigenvalue weighted by Crippen LogP contribution is 2.19. The first-order valence-corrected chi connectivity index (χ1v) is 8.01. The van der Waals surface area contributed by atoms with E-state index >= 15 is 0 Å². The number of halogens is 1. The Labute approximate surface area is 91.9 Å². The summed E-state index contributed by atoms with van der Waals surface area (Å²) in [7, 11) is -2.00. The molecule has 0 aliphatic heterocycles. The van der Waals surface area contributed by atoms with Crippen LogP contribution in [0.5, 0.6) is 0 Å². The van der Waals surface area contributed by atoms with Crippen LogP contribution in [0.2, 0.25) is 17.1 Å². The Bertz CT molecular complexity index is 280. The smallest absolute Gasteiger partial charge is 0.192 e. The zero-order valence-corrected chi connectivity index (χ0v) is 10.5. The number of rotatable bonds is 4. The summed E-state index contributed by atoms with van der Waals surface area (Å²) in [5.41, 5.74) is 1.20. The molecule has 0 atom stereocenters. The minimum absolute atomic E-state index is 0.756. The van der Waals surface area contributed by atoms with Gasteiger partial charge in [-0.2, -0.15) is 0 Å². The molecule has 3 heteroatoms. The molecule has 0 bridgehead atoms. The normalized spacial score (nSPS) is 11.7. The van der Waals surface area contributed by atoms with E-state index in [0.29, 0.717) is 0 Å². The maximum absolute atomic E-state index is 10.3. The van der Waals surface area contributed by atoms with Crippen LogP contribution in [0.1, 0.15) is 19.4 Å². The van der Waals surface area contributed by atoms with Gasteiger partial charge < -0.3 is 4.80 Å². The van der Waals surface area contributed by atoms with Crippen molar-refractivity contribution in [1.29, 1.82) is 0 Å². The molecule has 0 aliphatic rings. The molecule has 0 radical (unpaired) electrons. The van der Waals surface area contributed by atoms with Gasteiger partial charge in [-0.1, -0.05) is 37.6 Å². The average molecular weight is 229 g/mol. The average Bonchev–Trinajstić information content (AvgIpc) is 2.21. The number of hydrogen-bond acceptors (Lipinski definition) is 1. The van der Waals surface area contributed by atoms with Crippen LogP contribution in [0.3, 0.4) is 0 Å². The number of hydrogen-bond donors (Lipinski definition) is 1. The van der Waals surface area contributed by atoms with Gasteiger partial charge in [-0.15, -0.1) is 0 Å². The highest BCUT2D eigenvalue weighted by atomic mass is 35.5. The molecule has 14 heavy (non-hydrogen) atoms. The van der Waals surface area contributed by atoms with Crippen LogP contribution in [-0.4, -0.2) is 13.1 Å². The van der Waals surface area contributed by atoms with Crippen LogP contribution in [0.15, 0.2) is 24.3 Å². The van der Waals surface area contributed by atoms with E-state index in [2.05, 4.69) is 13.8 Å². The van der Waals surface area contributed by atoms with Gasteiger partial charge in [0.15, 0.2) is 8.32 Å². The fraction of sp³-hybridized carbons (Fsp3) is 0.455. The molecule has 1 N–H and O–H groups in total. The molecular weight excluding hydrogens is 212 g/mol. The quantitative estimate of drug-likeness (QED) is 0.784. The van der Waals surface area contributed by atoms with Gasteiger partial charge in [0.2, 0.25) is 0 Å². The second-order valence-electron chi connectivity index (χ2n) is 3.73. The van der Waals surface area contributed by atoms with Gasteiger partial charge in [0.1, 0.15) is 0 Å². The summed E-state index contributed by atoms with van der Waals surface area (Å²) in [4.78, 5) is 10.3. The Morgan fingerprint density at radius 3 is 2.07 bits per heavy atom. The fourth-order valence-corrected chi connectivity index (χ4v) is 3.60. The van der Waals surface area contributed by atoms with E-state index in [1.807, 2.05) is 24.3 Å². The summed E-state index contributed by atoms with van der Waals surface area (Å²) >= 11 is 5.80. The van der Waals surface area contributed by atoms with Crippen molar-refractivity contribution in [2.24, 2.45) is 0 Å². The van der Waals surface area contributed by atoms with Gasteiger partial charge >= 0.3 is 0 Å². The molecule has 0 saturated carbocycles. The molecule has 0 saturated heterocycles. The Morgan fingerprint density at radius 1 is 1.14 bits per heavy atom. The topological polar surface area (TPSA) is 20.2 Å². The molecule has 0 fully saturated rings. The predicted octanol–water partition coefficient (Wildman–Crippen LogP) is 3.40. The molecule has 1 aromatic rings. The molecular formula is C11H17ClOSi. The van der Waals surface area contributed by atoms with Gasteiger partial charge in [0.25, 0.3) is 0 Å². The van der Waals surface area contributed by atoms with Crippen molar-refractivity contribution in [1.82, 2.24) is 0 Å². The largest absolute Gasteiger partial charge is 0.431 e. The maximum Gasteiger partial charge on any atom is 0.192 e. The Kier molecular flexibility index (Phi) is 4.17. The second kappa shape index (κ2) is 4.96. The predicted molar refractivity (Wildman–Crippen MR) is 64.1 cm³/mol. The Balaban J connectivity index is 2.72. The van der Waals surface area contributed by atoms with Crippen molar-refractivity contribution in [3.05, 3.63) is 34.9 Å². The third-order valence-corrected chi connectivity index (χ3v) is 6.71. The molecule has 0 amide bonds. The molecule has 1 aromatic carbocycles. The molecule has 0 heterocycles. The molecule has 1 nitrogen and oxygen atoms in total. The maximum atomic E-state index is 10.3. The van der Waals surface area contributed by atoms with Crippen molar-refractivity contribution in [3.8, 4) is 0 Å². The van der Waals surface area contributed by atoms with Gasteiger partial charge in [-0.25, -0.2) is 0 Å². The summed E-state index contributed by atoms with van der Waals surface area (Å²) in [5.74, 6) is 0. The van der Waals surface area contributed by atoms with Gasteiger partial charge in [-0.3, -0.25) is 0 Å². The highest BCUT2D eigenvalue weighted by Gasteiger charge is 2.26. The van der Waals surface area contributed by atoms with E-state index in [1.165, 1.54) is 5.56 Å². The lowest BCUT2D eigenvalue weighted by molar-refractivity contribution is 0.528. The monoisotopic (exact) mass is 228 g/mol. The van der Waals surface area contributed by atoms with Crippen molar-refractivity contribution >= 4 is 19.9 Å². The van der Waals surface area contributed by atoms with Crippen LogP contribution >= 0.6 is 11.6 Å². The van der Waals surface area contributed by atoms with Crippen molar-refractivity contribution in [2.45, 2.75) is 32.0 Å². The van der Waals surface area contributed by atoms with E-state index in [4.69, 9.17) is 11.6 Å². The SMILES string of the molecule is CC[Si](O)(CC)Cc1ccc(Cl)cc1. The summed E-state index contributed by atoms with van der Waals surface area (Å²) < 4.78 is 0. The van der Waals surface area contributed by atoms with Gasteiger partial charge in [0, 0.05) is 5.02 Å². The van der Waals surface area contributed by atoms with E-state index in [9.17, 15) is 4.80 Å². The van der Waals surface area contributed by atoms with Crippen LogP contribution in [0.4, 0.5) is 0 Å². The minimum Gasteiger partial charge on any atom is -0.431 e. The fourth-order valence-electron chi connectivity index (χ4n) is 1.48. The van der Waals surface area contributed by atoms with Gasteiger partial charge in [-0.05, 0) is 35.8 Å². The van der Waals surface area contributed by atoms with E-state index in [1.54, 1.807) is 0 Å². The van der Waals surface area contributed by atoms with Crippen LogP contribution in [0, 0.1) is 0 Å². The Hall–Kier alpha value is -0.313. The van der Waals surface area contributed by atoms with Crippen LogP contribution in [-0.2, 0) is 6.04 Å². The number of benzene rings is 1. The minimum atomic E-state index is -2.00. The zero-order chi connectivity index (χ0) is 10.6. The van der Waals surface area contributed by atoms with Crippen LogP contribution in [0.25, 0.3) is 0 Å². The third-order valence-electron chi connectivity index (χ3n) is 2.76. The summed E-state index contributed by atoms with van der Waals surface area (Å²) in [6.45, 7) is 4.15. The molecule has 0 aliphatic carbocycles. The summed E-state index contributed by atoms with van der Waals surface area (Å²) in [6.07, 6.45) is 0. The Morgan fingerprint density at radius 2 is 1.64 bits per heavy atom. The van der Waals surface area contributed by atoms with Crippen LogP contribution < -0.4 is 0 Å². The molecule has 0 aromatic heterocycles. The lowest BCUT2D eigenvalue weighted by Gasteiger charge is -2.21. The molecule has 1 rings (SSSR count). The van der Waals surface area contributed by atoms with Crippen molar-refractivity contribution < 1.29 is 4.80 Å². The van der Waals surface area contributed by atoms with Crippen molar-refractivity contribution in [3.63, 3.8) is 0 Å². The van der Waals surface area contributed by atoms with Gasteiger partial charge in [0.05, 0.1) is 0 Å². The van der Waals surface area contributed by atoms with E-state index < -0.39 is 8.32 Å². The lowest BCUT2D eigenvalue weighted by atomic mass is 10.2.